The number of nitriles is 1. The molecular weight excluding hydrogens is 372 g/mol. The van der Waals surface area contributed by atoms with Crippen LogP contribution in [0.2, 0.25) is 5.02 Å². The summed E-state index contributed by atoms with van der Waals surface area (Å²) in [4.78, 5) is 18.8. The number of aliphatic imine (C=N–C) groups is 1. The molecule has 0 saturated heterocycles. The van der Waals surface area contributed by atoms with E-state index in [1.54, 1.807) is 36.4 Å². The summed E-state index contributed by atoms with van der Waals surface area (Å²) < 4.78 is 0. The van der Waals surface area contributed by atoms with E-state index in [0.717, 1.165) is 16.8 Å². The highest BCUT2D eigenvalue weighted by Gasteiger charge is 2.27. The highest BCUT2D eigenvalue weighted by molar-refractivity contribution is 6.30. The minimum Gasteiger partial charge on any atom is -0.321 e. The van der Waals surface area contributed by atoms with Gasteiger partial charge in [-0.05, 0) is 54.1 Å². The number of carbonyl (C=O) groups excluding carboxylic acids is 1. The molecule has 2 amide bonds. The summed E-state index contributed by atoms with van der Waals surface area (Å²) in [6.07, 6.45) is 0. The number of hydrogen-bond donors (Lipinski definition) is 1. The molecule has 1 aliphatic rings. The third-order valence-electron chi connectivity index (χ3n) is 4.45. The van der Waals surface area contributed by atoms with Gasteiger partial charge in [-0.2, -0.15) is 10.3 Å². The topological polar surface area (TPSA) is 68.5 Å². The van der Waals surface area contributed by atoms with Gasteiger partial charge in [-0.25, -0.2) is 4.79 Å². The van der Waals surface area contributed by atoms with Crippen molar-refractivity contribution in [1.29, 1.82) is 5.26 Å². The Labute approximate surface area is 167 Å². The molecule has 0 fully saturated rings. The molecule has 0 radical (unpaired) electrons. The van der Waals surface area contributed by atoms with Crippen LogP contribution in [0.25, 0.3) is 0 Å². The first kappa shape index (κ1) is 17.8. The van der Waals surface area contributed by atoms with Crippen LogP contribution in [0.3, 0.4) is 0 Å². The summed E-state index contributed by atoms with van der Waals surface area (Å²) in [5.41, 5.74) is 4.07. The molecular formula is C22H15ClN4O. The summed E-state index contributed by atoms with van der Waals surface area (Å²) in [6.45, 7) is 0.606. The van der Waals surface area contributed by atoms with Gasteiger partial charge >= 0.3 is 6.03 Å². The first-order chi connectivity index (χ1) is 13.6. The van der Waals surface area contributed by atoms with Gasteiger partial charge in [-0.3, -0.25) is 0 Å². The molecule has 3 aromatic carbocycles. The van der Waals surface area contributed by atoms with Crippen LogP contribution in [0.1, 0.15) is 16.7 Å². The van der Waals surface area contributed by atoms with Crippen molar-refractivity contribution in [2.24, 2.45) is 4.99 Å². The number of nitrogens with zero attached hydrogens (tertiary/aromatic N) is 3. The predicted octanol–water partition coefficient (Wildman–Crippen LogP) is 5.21. The number of hydrogen-bond acceptors (Lipinski definition) is 2. The number of nitrogens with one attached hydrogen (secondary N) is 1. The fourth-order valence-corrected chi connectivity index (χ4v) is 3.22. The highest BCUT2D eigenvalue weighted by atomic mass is 35.5. The maximum absolute atomic E-state index is 12.5. The number of halogens is 1. The zero-order chi connectivity index (χ0) is 19.5. The van der Waals surface area contributed by atoms with Crippen LogP contribution < -0.4 is 10.2 Å². The average Bonchev–Trinajstić information content (AvgIpc) is 3.08. The Bertz CT molecular complexity index is 1100. The molecule has 0 saturated carbocycles. The lowest BCUT2D eigenvalue weighted by molar-refractivity contribution is 0.259. The van der Waals surface area contributed by atoms with E-state index < -0.39 is 6.03 Å². The van der Waals surface area contributed by atoms with Gasteiger partial charge in [-0.1, -0.05) is 35.9 Å². The second kappa shape index (κ2) is 7.55. The molecule has 1 N–H and O–H groups in total. The summed E-state index contributed by atoms with van der Waals surface area (Å²) in [5, 5.41) is 12.4. The molecule has 6 heteroatoms. The molecule has 0 atom stereocenters. The molecule has 3 aromatic rings. The van der Waals surface area contributed by atoms with Crippen molar-refractivity contribution in [1.82, 2.24) is 0 Å². The van der Waals surface area contributed by atoms with Gasteiger partial charge in [0.2, 0.25) is 0 Å². The number of rotatable bonds is 2. The summed E-state index contributed by atoms with van der Waals surface area (Å²) in [5.74, 6) is 0.576. The lowest BCUT2D eigenvalue weighted by Gasteiger charge is -2.19. The van der Waals surface area contributed by atoms with Crippen molar-refractivity contribution in [2.75, 3.05) is 10.2 Å². The van der Waals surface area contributed by atoms with Crippen LogP contribution in [0, 0.1) is 11.3 Å². The number of fused-ring (bicyclic) bond motifs is 1. The maximum Gasteiger partial charge on any atom is 0.347 e. The molecule has 1 aliphatic heterocycles. The van der Waals surface area contributed by atoms with Crippen molar-refractivity contribution >= 4 is 34.8 Å². The van der Waals surface area contributed by atoms with Crippen molar-refractivity contribution in [3.05, 3.63) is 94.5 Å². The molecule has 28 heavy (non-hydrogen) atoms. The van der Waals surface area contributed by atoms with Crippen LogP contribution in [0.5, 0.6) is 0 Å². The van der Waals surface area contributed by atoms with Gasteiger partial charge in [0, 0.05) is 22.0 Å². The van der Waals surface area contributed by atoms with Crippen LogP contribution in [0.15, 0.2) is 77.8 Å². The van der Waals surface area contributed by atoms with E-state index >= 15 is 0 Å². The number of urea groups is 1. The summed E-state index contributed by atoms with van der Waals surface area (Å²) >= 11 is 5.88. The molecule has 0 aromatic heterocycles. The van der Waals surface area contributed by atoms with Crippen LogP contribution in [-0.4, -0.2) is 11.9 Å². The van der Waals surface area contributed by atoms with E-state index in [-0.39, 0.29) is 0 Å². The number of amidine groups is 1. The lowest BCUT2D eigenvalue weighted by Crippen LogP contribution is -2.26. The van der Waals surface area contributed by atoms with E-state index in [2.05, 4.69) is 16.4 Å². The van der Waals surface area contributed by atoms with Crippen molar-refractivity contribution < 1.29 is 4.79 Å². The Morgan fingerprint density at radius 2 is 1.75 bits per heavy atom. The standard InChI is InChI=1S/C22H15ClN4O/c23-17-7-9-18(10-8-17)25-22(28)26-21-20-4-2-1-3-16(20)14-27(21)19-11-5-15(13-24)6-12-19/h1-12H,14H2,(H,25,28)/b26-21+. The molecule has 0 bridgehead atoms. The third-order valence-corrected chi connectivity index (χ3v) is 4.71. The molecule has 136 valence electrons. The normalized spacial score (nSPS) is 13.9. The summed E-state index contributed by atoms with van der Waals surface area (Å²) in [7, 11) is 0. The number of amides is 2. The zero-order valence-corrected chi connectivity index (χ0v) is 15.5. The fraction of sp³-hybridized carbons (Fsp3) is 0.0455. The molecule has 0 aliphatic carbocycles. The van der Waals surface area contributed by atoms with E-state index in [1.165, 1.54) is 0 Å². The highest BCUT2D eigenvalue weighted by Crippen LogP contribution is 2.29. The molecule has 5 nitrogen and oxygen atoms in total. The molecule has 0 unspecified atom stereocenters. The van der Waals surface area contributed by atoms with Gasteiger partial charge < -0.3 is 10.2 Å². The maximum atomic E-state index is 12.5. The van der Waals surface area contributed by atoms with Crippen LogP contribution >= 0.6 is 11.6 Å². The van der Waals surface area contributed by atoms with Crippen LogP contribution in [0.4, 0.5) is 16.2 Å². The Hall–Kier alpha value is -3.62. The van der Waals surface area contributed by atoms with Gasteiger partial charge in [0.25, 0.3) is 0 Å². The van der Waals surface area contributed by atoms with Gasteiger partial charge in [0.05, 0.1) is 18.2 Å². The SMILES string of the molecule is N#Cc1ccc(N2Cc3ccccc3/C2=N\C(=O)Nc2ccc(Cl)cc2)cc1. The Morgan fingerprint density at radius 1 is 1.04 bits per heavy atom. The average molecular weight is 387 g/mol. The third kappa shape index (κ3) is 3.59. The monoisotopic (exact) mass is 386 g/mol. The van der Waals surface area contributed by atoms with Gasteiger partial charge in [0.1, 0.15) is 5.84 Å². The van der Waals surface area contributed by atoms with Crippen LogP contribution in [-0.2, 0) is 6.54 Å². The van der Waals surface area contributed by atoms with E-state index in [9.17, 15) is 4.79 Å². The minimum absolute atomic E-state index is 0.465. The lowest BCUT2D eigenvalue weighted by atomic mass is 10.1. The zero-order valence-electron chi connectivity index (χ0n) is 14.8. The van der Waals surface area contributed by atoms with E-state index in [4.69, 9.17) is 16.9 Å². The second-order valence-corrected chi connectivity index (χ2v) is 6.71. The fourth-order valence-electron chi connectivity index (χ4n) is 3.10. The van der Waals surface area contributed by atoms with Crippen molar-refractivity contribution in [3.8, 4) is 6.07 Å². The first-order valence-corrected chi connectivity index (χ1v) is 9.03. The quantitative estimate of drug-likeness (QED) is 0.657. The van der Waals surface area contributed by atoms with Crippen molar-refractivity contribution in [3.63, 3.8) is 0 Å². The molecule has 4 rings (SSSR count). The van der Waals surface area contributed by atoms with E-state index in [0.29, 0.717) is 28.7 Å². The van der Waals surface area contributed by atoms with Gasteiger partial charge in [-0.15, -0.1) is 0 Å². The van der Waals surface area contributed by atoms with Gasteiger partial charge in [0.15, 0.2) is 0 Å². The number of carbonyl (C=O) groups is 1. The predicted molar refractivity (Wildman–Crippen MR) is 111 cm³/mol. The smallest absolute Gasteiger partial charge is 0.321 e. The Balaban J connectivity index is 1.67. The number of benzene rings is 3. The van der Waals surface area contributed by atoms with Crippen molar-refractivity contribution in [2.45, 2.75) is 6.54 Å². The second-order valence-electron chi connectivity index (χ2n) is 6.27. The number of anilines is 2. The summed E-state index contributed by atoms with van der Waals surface area (Å²) in [6, 6.07) is 23.6. The minimum atomic E-state index is -0.465. The largest absolute Gasteiger partial charge is 0.347 e. The molecule has 1 heterocycles. The molecule has 0 spiro atoms. The Kier molecular flexibility index (Phi) is 4.79. The van der Waals surface area contributed by atoms with E-state index in [1.807, 2.05) is 41.3 Å². The first-order valence-electron chi connectivity index (χ1n) is 8.65. The Morgan fingerprint density at radius 3 is 2.46 bits per heavy atom.